The highest BCUT2D eigenvalue weighted by Crippen LogP contribution is 2.26. The summed E-state index contributed by atoms with van der Waals surface area (Å²) < 4.78 is 14.5. The number of hydrogen-bond acceptors (Lipinski definition) is 2. The van der Waals surface area contributed by atoms with Crippen LogP contribution in [0.25, 0.3) is 11.1 Å². The number of nitrogens with one attached hydrogen (secondary N) is 2. The number of aryl methyl sites for hydroxylation is 1. The molecule has 142 valence electrons. The van der Waals surface area contributed by atoms with Gasteiger partial charge in [0, 0.05) is 22.0 Å². The average Bonchev–Trinajstić information content (AvgIpc) is 2.65. The SMILES string of the molecule is Cc1ccc(NC(=S)Nc2ccc(-c3cccc(C(N)=O)c3F)cc2)cc1Cl. The van der Waals surface area contributed by atoms with E-state index in [2.05, 4.69) is 10.6 Å². The van der Waals surface area contributed by atoms with E-state index < -0.39 is 11.7 Å². The van der Waals surface area contributed by atoms with Gasteiger partial charge in [-0.15, -0.1) is 0 Å². The molecule has 0 fully saturated rings. The molecular weight excluding hydrogens is 397 g/mol. The summed E-state index contributed by atoms with van der Waals surface area (Å²) in [5.74, 6) is -1.44. The topological polar surface area (TPSA) is 67.2 Å². The van der Waals surface area contributed by atoms with E-state index in [-0.39, 0.29) is 5.56 Å². The maximum atomic E-state index is 14.5. The summed E-state index contributed by atoms with van der Waals surface area (Å²) in [6.45, 7) is 1.92. The molecule has 3 aromatic carbocycles. The van der Waals surface area contributed by atoms with Gasteiger partial charge in [-0.3, -0.25) is 4.79 Å². The van der Waals surface area contributed by atoms with E-state index in [9.17, 15) is 9.18 Å². The lowest BCUT2D eigenvalue weighted by Gasteiger charge is -2.12. The number of rotatable bonds is 4. The number of amides is 1. The first kappa shape index (κ1) is 19.8. The van der Waals surface area contributed by atoms with Gasteiger partial charge in [0.05, 0.1) is 5.56 Å². The highest BCUT2D eigenvalue weighted by Gasteiger charge is 2.13. The van der Waals surface area contributed by atoms with Crippen molar-refractivity contribution in [1.82, 2.24) is 0 Å². The van der Waals surface area contributed by atoms with Crippen molar-refractivity contribution in [2.45, 2.75) is 6.92 Å². The minimum Gasteiger partial charge on any atom is -0.366 e. The van der Waals surface area contributed by atoms with Crippen molar-refractivity contribution in [2.75, 3.05) is 10.6 Å². The normalized spacial score (nSPS) is 10.4. The Morgan fingerprint density at radius 1 is 1.04 bits per heavy atom. The van der Waals surface area contributed by atoms with Crippen molar-refractivity contribution in [3.05, 3.63) is 82.6 Å². The smallest absolute Gasteiger partial charge is 0.251 e. The molecule has 0 bridgehead atoms. The molecule has 0 aliphatic carbocycles. The maximum absolute atomic E-state index is 14.5. The highest BCUT2D eigenvalue weighted by molar-refractivity contribution is 7.80. The number of thiocarbonyl (C=S) groups is 1. The molecule has 0 aliphatic heterocycles. The van der Waals surface area contributed by atoms with E-state index in [1.165, 1.54) is 6.07 Å². The van der Waals surface area contributed by atoms with Crippen molar-refractivity contribution >= 4 is 46.2 Å². The molecule has 4 N–H and O–H groups in total. The number of carbonyl (C=O) groups excluding carboxylic acids is 1. The van der Waals surface area contributed by atoms with Gasteiger partial charge in [-0.25, -0.2) is 4.39 Å². The van der Waals surface area contributed by atoms with Crippen molar-refractivity contribution in [3.8, 4) is 11.1 Å². The van der Waals surface area contributed by atoms with Gasteiger partial charge in [-0.1, -0.05) is 41.9 Å². The van der Waals surface area contributed by atoms with Crippen LogP contribution in [-0.4, -0.2) is 11.0 Å². The second kappa shape index (κ2) is 8.37. The summed E-state index contributed by atoms with van der Waals surface area (Å²) in [6, 6.07) is 17.1. The standard InChI is InChI=1S/C21H17ClFN3OS/c1-12-5-8-15(11-18(12)22)26-21(28)25-14-9-6-13(7-10-14)16-3-2-4-17(19(16)23)20(24)27/h2-11H,1H3,(H2,24,27)(H2,25,26,28). The van der Waals surface area contributed by atoms with Gasteiger partial charge in [0.2, 0.25) is 0 Å². The Balaban J connectivity index is 1.72. The first-order valence-corrected chi connectivity index (χ1v) is 9.16. The molecule has 0 spiro atoms. The van der Waals surface area contributed by atoms with E-state index in [4.69, 9.17) is 29.6 Å². The van der Waals surface area contributed by atoms with Crippen molar-refractivity contribution in [3.63, 3.8) is 0 Å². The molecular formula is C21H17ClFN3OS. The number of primary amides is 1. The van der Waals surface area contributed by atoms with Gasteiger partial charge in [0.25, 0.3) is 5.91 Å². The van der Waals surface area contributed by atoms with Gasteiger partial charge < -0.3 is 16.4 Å². The number of anilines is 2. The summed E-state index contributed by atoms with van der Waals surface area (Å²) in [5.41, 5.74) is 8.47. The zero-order chi connectivity index (χ0) is 20.3. The van der Waals surface area contributed by atoms with Crippen LogP contribution in [0.1, 0.15) is 15.9 Å². The van der Waals surface area contributed by atoms with Crippen LogP contribution >= 0.6 is 23.8 Å². The van der Waals surface area contributed by atoms with Crippen LogP contribution < -0.4 is 16.4 Å². The zero-order valence-electron chi connectivity index (χ0n) is 14.9. The van der Waals surface area contributed by atoms with Crippen LogP contribution in [0.3, 0.4) is 0 Å². The Labute approximate surface area is 172 Å². The summed E-state index contributed by atoms with van der Waals surface area (Å²) in [7, 11) is 0. The fraction of sp³-hybridized carbons (Fsp3) is 0.0476. The van der Waals surface area contributed by atoms with Crippen LogP contribution in [0.4, 0.5) is 15.8 Å². The molecule has 0 saturated heterocycles. The molecule has 3 aromatic rings. The molecule has 1 amide bonds. The first-order chi connectivity index (χ1) is 13.3. The van der Waals surface area contributed by atoms with Crippen LogP contribution in [0.2, 0.25) is 5.02 Å². The lowest BCUT2D eigenvalue weighted by atomic mass is 10.0. The summed E-state index contributed by atoms with van der Waals surface area (Å²) >= 11 is 11.4. The van der Waals surface area contributed by atoms with Crippen molar-refractivity contribution < 1.29 is 9.18 Å². The third-order valence-electron chi connectivity index (χ3n) is 4.15. The second-order valence-electron chi connectivity index (χ2n) is 6.15. The Bertz CT molecular complexity index is 1050. The molecule has 0 aromatic heterocycles. The maximum Gasteiger partial charge on any atom is 0.251 e. The third kappa shape index (κ3) is 4.47. The van der Waals surface area contributed by atoms with Gasteiger partial charge >= 0.3 is 0 Å². The van der Waals surface area contributed by atoms with Gasteiger partial charge in [0.1, 0.15) is 5.82 Å². The lowest BCUT2D eigenvalue weighted by Crippen LogP contribution is -2.19. The predicted octanol–water partition coefficient (Wildman–Crippen LogP) is 5.36. The molecule has 0 aliphatic rings. The summed E-state index contributed by atoms with van der Waals surface area (Å²) in [4.78, 5) is 11.3. The number of nitrogens with two attached hydrogens (primary N) is 1. The van der Waals surface area contributed by atoms with Crippen molar-refractivity contribution in [2.24, 2.45) is 5.73 Å². The Morgan fingerprint density at radius 3 is 2.32 bits per heavy atom. The quantitative estimate of drug-likeness (QED) is 0.503. The van der Waals surface area contributed by atoms with E-state index in [0.29, 0.717) is 21.3 Å². The summed E-state index contributed by atoms with van der Waals surface area (Å²) in [5, 5.41) is 7.16. The van der Waals surface area contributed by atoms with Crippen LogP contribution in [-0.2, 0) is 0 Å². The second-order valence-corrected chi connectivity index (χ2v) is 6.97. The minimum atomic E-state index is -0.801. The predicted molar refractivity (Wildman–Crippen MR) is 116 cm³/mol. The van der Waals surface area contributed by atoms with E-state index in [1.54, 1.807) is 42.5 Å². The molecule has 28 heavy (non-hydrogen) atoms. The van der Waals surface area contributed by atoms with Gasteiger partial charge in [-0.05, 0) is 60.6 Å². The Kier molecular flexibility index (Phi) is 5.92. The van der Waals surface area contributed by atoms with Crippen LogP contribution in [0.15, 0.2) is 60.7 Å². The Hall–Kier alpha value is -2.96. The number of carbonyl (C=O) groups is 1. The number of halogens is 2. The third-order valence-corrected chi connectivity index (χ3v) is 4.76. The van der Waals surface area contributed by atoms with E-state index >= 15 is 0 Å². The molecule has 0 unspecified atom stereocenters. The van der Waals surface area contributed by atoms with Crippen LogP contribution in [0, 0.1) is 12.7 Å². The number of benzene rings is 3. The average molecular weight is 414 g/mol. The number of hydrogen-bond donors (Lipinski definition) is 3. The van der Waals surface area contributed by atoms with Crippen molar-refractivity contribution in [1.29, 1.82) is 0 Å². The highest BCUT2D eigenvalue weighted by atomic mass is 35.5. The fourth-order valence-corrected chi connectivity index (χ4v) is 3.06. The van der Waals surface area contributed by atoms with E-state index in [1.807, 2.05) is 19.1 Å². The largest absolute Gasteiger partial charge is 0.366 e. The molecule has 4 nitrogen and oxygen atoms in total. The minimum absolute atomic E-state index is 0.137. The molecule has 0 radical (unpaired) electrons. The molecule has 0 saturated carbocycles. The Morgan fingerprint density at radius 2 is 1.68 bits per heavy atom. The molecule has 3 rings (SSSR count). The lowest BCUT2D eigenvalue weighted by molar-refractivity contribution is 0.0996. The molecule has 0 heterocycles. The molecule has 0 atom stereocenters. The van der Waals surface area contributed by atoms with Gasteiger partial charge in [0.15, 0.2) is 5.11 Å². The van der Waals surface area contributed by atoms with Gasteiger partial charge in [-0.2, -0.15) is 0 Å². The summed E-state index contributed by atoms with van der Waals surface area (Å²) in [6.07, 6.45) is 0. The fourth-order valence-electron chi connectivity index (χ4n) is 2.64. The first-order valence-electron chi connectivity index (χ1n) is 8.38. The van der Waals surface area contributed by atoms with Crippen LogP contribution in [0.5, 0.6) is 0 Å². The van der Waals surface area contributed by atoms with E-state index in [0.717, 1.165) is 16.9 Å². The molecule has 7 heteroatoms. The monoisotopic (exact) mass is 413 g/mol. The zero-order valence-corrected chi connectivity index (χ0v) is 16.5.